The predicted octanol–water partition coefficient (Wildman–Crippen LogP) is 2.78. The fourth-order valence-corrected chi connectivity index (χ4v) is 2.53. The summed E-state index contributed by atoms with van der Waals surface area (Å²) in [6.07, 6.45) is 2.54. The van der Waals surface area contributed by atoms with Gasteiger partial charge in [-0.15, -0.1) is 0 Å². The molecule has 0 aliphatic heterocycles. The van der Waals surface area contributed by atoms with Gasteiger partial charge in [0.15, 0.2) is 0 Å². The zero-order valence-electron chi connectivity index (χ0n) is 12.7. The minimum absolute atomic E-state index is 0.183. The summed E-state index contributed by atoms with van der Waals surface area (Å²) in [4.78, 5) is 16.5. The zero-order chi connectivity index (χ0) is 16.1. The predicted molar refractivity (Wildman–Crippen MR) is 89.6 cm³/mol. The summed E-state index contributed by atoms with van der Waals surface area (Å²) in [5.41, 5.74) is 2.30. The van der Waals surface area contributed by atoms with Crippen molar-refractivity contribution in [2.75, 3.05) is 0 Å². The topological polar surface area (TPSA) is 55.1 Å². The van der Waals surface area contributed by atoms with Gasteiger partial charge in [-0.3, -0.25) is 9.36 Å². The van der Waals surface area contributed by atoms with Crippen molar-refractivity contribution < 1.29 is 5.11 Å². The fourth-order valence-electron chi connectivity index (χ4n) is 2.53. The number of benzene rings is 2. The lowest BCUT2D eigenvalue weighted by Gasteiger charge is -2.09. The van der Waals surface area contributed by atoms with Crippen LogP contribution in [0.2, 0.25) is 0 Å². The van der Waals surface area contributed by atoms with Crippen molar-refractivity contribution in [1.29, 1.82) is 0 Å². The Labute approximate surface area is 134 Å². The first kappa shape index (κ1) is 15.0. The second-order valence-electron chi connectivity index (χ2n) is 5.44. The Hall–Kier alpha value is -2.88. The van der Waals surface area contributed by atoms with Gasteiger partial charge in [-0.1, -0.05) is 60.7 Å². The molecule has 0 radical (unpaired) electrons. The summed E-state index contributed by atoms with van der Waals surface area (Å²) >= 11 is 0. The number of rotatable bonds is 5. The second-order valence-corrected chi connectivity index (χ2v) is 5.44. The molecular weight excluding hydrogens is 288 g/mol. The minimum atomic E-state index is -0.185. The van der Waals surface area contributed by atoms with Crippen LogP contribution in [0.3, 0.4) is 0 Å². The molecule has 3 rings (SSSR count). The SMILES string of the molecule is O=c1c(Cc2ccccc2)c(O)ncn1CCc1ccccc1. The highest BCUT2D eigenvalue weighted by atomic mass is 16.3. The molecule has 2 aromatic carbocycles. The molecule has 23 heavy (non-hydrogen) atoms. The number of hydrogen-bond acceptors (Lipinski definition) is 3. The highest BCUT2D eigenvalue weighted by Crippen LogP contribution is 2.13. The molecule has 116 valence electrons. The van der Waals surface area contributed by atoms with Crippen LogP contribution in [0.5, 0.6) is 5.88 Å². The molecule has 0 saturated carbocycles. The van der Waals surface area contributed by atoms with Gasteiger partial charge in [-0.2, -0.15) is 0 Å². The van der Waals surface area contributed by atoms with Crippen molar-refractivity contribution in [2.24, 2.45) is 0 Å². The number of aromatic hydroxyl groups is 1. The zero-order valence-corrected chi connectivity index (χ0v) is 12.7. The van der Waals surface area contributed by atoms with Gasteiger partial charge in [0, 0.05) is 13.0 Å². The van der Waals surface area contributed by atoms with E-state index in [1.807, 2.05) is 60.7 Å². The summed E-state index contributed by atoms with van der Waals surface area (Å²) in [6, 6.07) is 19.6. The summed E-state index contributed by atoms with van der Waals surface area (Å²) < 4.78 is 1.56. The Balaban J connectivity index is 1.82. The first-order chi connectivity index (χ1) is 11.2. The van der Waals surface area contributed by atoms with E-state index < -0.39 is 0 Å². The molecule has 0 unspecified atom stereocenters. The van der Waals surface area contributed by atoms with Gasteiger partial charge < -0.3 is 5.11 Å². The van der Waals surface area contributed by atoms with Crippen LogP contribution in [0.25, 0.3) is 0 Å². The Morgan fingerprint density at radius 3 is 2.17 bits per heavy atom. The van der Waals surface area contributed by atoms with Crippen molar-refractivity contribution >= 4 is 0 Å². The third-order valence-corrected chi connectivity index (χ3v) is 3.82. The van der Waals surface area contributed by atoms with Crippen molar-refractivity contribution in [3.05, 3.63) is 94.0 Å². The maximum Gasteiger partial charge on any atom is 0.260 e. The van der Waals surface area contributed by atoms with Crippen molar-refractivity contribution in [3.63, 3.8) is 0 Å². The van der Waals surface area contributed by atoms with Gasteiger partial charge in [-0.25, -0.2) is 4.98 Å². The van der Waals surface area contributed by atoms with Crippen LogP contribution in [0.15, 0.2) is 71.8 Å². The number of hydrogen-bond donors (Lipinski definition) is 1. The molecule has 0 saturated heterocycles. The van der Waals surface area contributed by atoms with E-state index in [1.54, 1.807) is 4.57 Å². The van der Waals surface area contributed by atoms with Gasteiger partial charge in [0.1, 0.15) is 6.33 Å². The van der Waals surface area contributed by atoms with E-state index in [1.165, 1.54) is 6.33 Å². The summed E-state index contributed by atoms with van der Waals surface area (Å²) in [5, 5.41) is 9.94. The maximum atomic E-state index is 12.6. The van der Waals surface area contributed by atoms with Gasteiger partial charge >= 0.3 is 0 Å². The van der Waals surface area contributed by atoms with E-state index >= 15 is 0 Å². The van der Waals surface area contributed by atoms with Gasteiger partial charge in [0.25, 0.3) is 5.56 Å². The van der Waals surface area contributed by atoms with E-state index in [0.29, 0.717) is 18.5 Å². The normalized spacial score (nSPS) is 10.6. The third-order valence-electron chi connectivity index (χ3n) is 3.82. The number of aromatic nitrogens is 2. The van der Waals surface area contributed by atoms with E-state index in [9.17, 15) is 9.90 Å². The number of aryl methyl sites for hydroxylation is 2. The molecule has 0 atom stereocenters. The quantitative estimate of drug-likeness (QED) is 0.788. The van der Waals surface area contributed by atoms with Crippen molar-refractivity contribution in [2.45, 2.75) is 19.4 Å². The molecule has 1 heterocycles. The molecule has 1 aromatic heterocycles. The minimum Gasteiger partial charge on any atom is -0.493 e. The monoisotopic (exact) mass is 306 g/mol. The molecule has 0 spiro atoms. The van der Waals surface area contributed by atoms with E-state index in [-0.39, 0.29) is 11.4 Å². The van der Waals surface area contributed by atoms with Crippen LogP contribution >= 0.6 is 0 Å². The lowest BCUT2D eigenvalue weighted by Crippen LogP contribution is -2.25. The van der Waals surface area contributed by atoms with Crippen molar-refractivity contribution in [3.8, 4) is 5.88 Å². The molecule has 4 nitrogen and oxygen atoms in total. The first-order valence-electron chi connectivity index (χ1n) is 7.59. The molecule has 0 aliphatic rings. The lowest BCUT2D eigenvalue weighted by molar-refractivity contribution is 0.438. The third kappa shape index (κ3) is 3.66. The molecule has 0 fully saturated rings. The fraction of sp³-hybridized carbons (Fsp3) is 0.158. The standard InChI is InChI=1S/C19H18N2O2/c22-18-17(13-16-9-5-2-6-10-16)19(23)21(14-20-18)12-11-15-7-3-1-4-8-15/h1-10,14,22H,11-13H2. The molecule has 0 aliphatic carbocycles. The van der Waals surface area contributed by atoms with E-state index in [0.717, 1.165) is 17.5 Å². The lowest BCUT2D eigenvalue weighted by atomic mass is 10.1. The smallest absolute Gasteiger partial charge is 0.260 e. The average Bonchev–Trinajstić information content (AvgIpc) is 2.60. The molecule has 0 amide bonds. The molecule has 1 N–H and O–H groups in total. The Bertz CT molecular complexity index is 827. The Morgan fingerprint density at radius 1 is 0.913 bits per heavy atom. The molecule has 3 aromatic rings. The van der Waals surface area contributed by atoms with Crippen LogP contribution in [0.1, 0.15) is 16.7 Å². The van der Waals surface area contributed by atoms with Crippen LogP contribution < -0.4 is 5.56 Å². The van der Waals surface area contributed by atoms with E-state index in [4.69, 9.17) is 0 Å². The number of nitrogens with zero attached hydrogens (tertiary/aromatic N) is 2. The summed E-state index contributed by atoms with van der Waals surface area (Å²) in [6.45, 7) is 0.540. The van der Waals surface area contributed by atoms with Crippen LogP contribution in [-0.4, -0.2) is 14.7 Å². The molecular formula is C19H18N2O2. The molecule has 0 bridgehead atoms. The van der Waals surface area contributed by atoms with Gasteiger partial charge in [0.2, 0.25) is 5.88 Å². The van der Waals surface area contributed by atoms with Gasteiger partial charge in [0.05, 0.1) is 5.56 Å². The van der Waals surface area contributed by atoms with Gasteiger partial charge in [-0.05, 0) is 17.5 Å². The highest BCUT2D eigenvalue weighted by Gasteiger charge is 2.11. The largest absolute Gasteiger partial charge is 0.493 e. The Kier molecular flexibility index (Phi) is 4.52. The first-order valence-corrected chi connectivity index (χ1v) is 7.59. The summed E-state index contributed by atoms with van der Waals surface area (Å²) in [7, 11) is 0. The second kappa shape index (κ2) is 6.92. The highest BCUT2D eigenvalue weighted by molar-refractivity contribution is 5.29. The average molecular weight is 306 g/mol. The van der Waals surface area contributed by atoms with Crippen LogP contribution in [0, 0.1) is 0 Å². The van der Waals surface area contributed by atoms with Crippen molar-refractivity contribution in [1.82, 2.24) is 9.55 Å². The van der Waals surface area contributed by atoms with E-state index in [2.05, 4.69) is 4.98 Å². The molecule has 4 heteroatoms. The van der Waals surface area contributed by atoms with Crippen LogP contribution in [-0.2, 0) is 19.4 Å². The Morgan fingerprint density at radius 2 is 1.52 bits per heavy atom. The maximum absolute atomic E-state index is 12.6. The van der Waals surface area contributed by atoms with Crippen LogP contribution in [0.4, 0.5) is 0 Å². The summed E-state index contributed by atoms with van der Waals surface area (Å²) in [5.74, 6) is -0.185.